The molecule has 5 rings (SSSR count). The van der Waals surface area contributed by atoms with E-state index in [9.17, 15) is 35.1 Å². The van der Waals surface area contributed by atoms with Crippen LogP contribution in [-0.2, 0) is 9.59 Å². The van der Waals surface area contributed by atoms with Gasteiger partial charge in [0.1, 0.15) is 0 Å². The fourth-order valence-corrected chi connectivity index (χ4v) is 10.1. The van der Waals surface area contributed by atoms with E-state index in [0.717, 1.165) is 24.0 Å². The van der Waals surface area contributed by atoms with Gasteiger partial charge in [-0.15, -0.1) is 0 Å². The van der Waals surface area contributed by atoms with Crippen LogP contribution in [0.2, 0.25) is 0 Å². The predicted octanol–water partition coefficient (Wildman–Crippen LogP) is 4.16. The molecule has 37 heavy (non-hydrogen) atoms. The van der Waals surface area contributed by atoms with Crippen LogP contribution < -0.4 is 0 Å². The minimum Gasteiger partial charge on any atom is -0.481 e. The normalized spacial score (nSPS) is 53.0. The van der Waals surface area contributed by atoms with Crippen LogP contribution in [0.25, 0.3) is 0 Å². The molecular formula is C30H44O7. The average Bonchev–Trinajstić information content (AvgIpc) is 2.82. The zero-order valence-electron chi connectivity index (χ0n) is 22.9. The monoisotopic (exact) mass is 516 g/mol. The summed E-state index contributed by atoms with van der Waals surface area (Å²) in [4.78, 5) is 25.0. The second-order valence-corrected chi connectivity index (χ2v) is 14.4. The first-order valence-electron chi connectivity index (χ1n) is 13.9. The van der Waals surface area contributed by atoms with Crippen LogP contribution in [0.5, 0.6) is 0 Å². The quantitative estimate of drug-likeness (QED) is 0.380. The highest BCUT2D eigenvalue weighted by Gasteiger charge is 2.69. The van der Waals surface area contributed by atoms with Crippen molar-refractivity contribution in [3.8, 4) is 0 Å². The van der Waals surface area contributed by atoms with E-state index < -0.39 is 40.4 Å². The van der Waals surface area contributed by atoms with Crippen molar-refractivity contribution in [2.24, 2.45) is 44.3 Å². The third kappa shape index (κ3) is 3.11. The fourth-order valence-electron chi connectivity index (χ4n) is 10.1. The van der Waals surface area contributed by atoms with E-state index in [1.807, 2.05) is 6.92 Å². The first-order valence-corrected chi connectivity index (χ1v) is 13.9. The number of allylic oxidation sites excluding steroid dienone is 3. The molecule has 0 unspecified atom stereocenters. The molecule has 10 atom stereocenters. The zero-order valence-corrected chi connectivity index (χ0v) is 22.9. The zero-order chi connectivity index (χ0) is 27.4. The first kappa shape index (κ1) is 26.9. The van der Waals surface area contributed by atoms with Gasteiger partial charge < -0.3 is 25.5 Å². The van der Waals surface area contributed by atoms with Crippen LogP contribution in [-0.4, -0.2) is 56.3 Å². The Hall–Kier alpha value is -1.70. The fraction of sp³-hybridized carbons (Fsp3) is 0.800. The molecular weight excluding hydrogens is 472 g/mol. The maximum absolute atomic E-state index is 12.8. The predicted molar refractivity (Wildman–Crippen MR) is 137 cm³/mol. The number of hydrogen-bond donors (Lipinski definition) is 5. The molecule has 0 radical (unpaired) electrons. The number of rotatable bonds is 3. The number of carboxylic acids is 2. The molecule has 206 valence electrons. The van der Waals surface area contributed by atoms with Gasteiger partial charge in [-0.1, -0.05) is 39.8 Å². The molecule has 0 aliphatic heterocycles. The molecule has 5 N–H and O–H groups in total. The van der Waals surface area contributed by atoms with E-state index in [-0.39, 0.29) is 41.1 Å². The van der Waals surface area contributed by atoms with E-state index in [2.05, 4.69) is 32.9 Å². The molecule has 0 amide bonds. The Kier molecular flexibility index (Phi) is 5.76. The summed E-state index contributed by atoms with van der Waals surface area (Å²) in [7, 11) is 0. The number of aliphatic hydroxyl groups is 3. The van der Waals surface area contributed by atoms with Crippen molar-refractivity contribution >= 4 is 11.9 Å². The smallest absolute Gasteiger partial charge is 0.313 e. The summed E-state index contributed by atoms with van der Waals surface area (Å²) < 4.78 is 0. The average molecular weight is 517 g/mol. The van der Waals surface area contributed by atoms with Gasteiger partial charge in [-0.2, -0.15) is 0 Å². The minimum atomic E-state index is -1.01. The molecule has 5 aliphatic carbocycles. The van der Waals surface area contributed by atoms with Crippen LogP contribution >= 0.6 is 0 Å². The molecule has 0 bridgehead atoms. The Morgan fingerprint density at radius 1 is 0.946 bits per heavy atom. The van der Waals surface area contributed by atoms with Crippen LogP contribution in [0.3, 0.4) is 0 Å². The summed E-state index contributed by atoms with van der Waals surface area (Å²) in [5.74, 6) is -1.63. The summed E-state index contributed by atoms with van der Waals surface area (Å²) in [5, 5.41) is 52.8. The Morgan fingerprint density at radius 2 is 1.59 bits per heavy atom. The number of aliphatic carboxylic acids is 2. The van der Waals surface area contributed by atoms with E-state index in [0.29, 0.717) is 32.1 Å². The van der Waals surface area contributed by atoms with Crippen molar-refractivity contribution in [2.45, 2.75) is 98.2 Å². The number of fused-ring (bicyclic) bond motifs is 6. The highest BCUT2D eigenvalue weighted by molar-refractivity contribution is 5.83. The van der Waals surface area contributed by atoms with Gasteiger partial charge in [-0.3, -0.25) is 9.59 Å². The van der Waals surface area contributed by atoms with Gasteiger partial charge in [0.25, 0.3) is 0 Å². The van der Waals surface area contributed by atoms with Crippen LogP contribution in [0.15, 0.2) is 23.3 Å². The molecule has 3 fully saturated rings. The van der Waals surface area contributed by atoms with E-state index in [1.54, 1.807) is 6.92 Å². The van der Waals surface area contributed by atoms with Crippen molar-refractivity contribution in [3.63, 3.8) is 0 Å². The standard InChI is InChI=1S/C30H44O7/c1-25(23(34)35)10-12-30(24(36)37)13-11-28(4)17(18(30)14-25)6-7-21-26(2)15-19(32)22(33)27(3,16-31)20(26)8-9-29(21,28)5/h6-7,19-22,31-33H,8-16H2,1-5H3,(H,34,35)(H,36,37)/t19-,20+,21+,22-,25-,26-,27-,28+,29+,30-/m0/s1. The lowest BCUT2D eigenvalue weighted by atomic mass is 9.35. The first-order chi connectivity index (χ1) is 17.1. The second kappa shape index (κ2) is 7.92. The summed E-state index contributed by atoms with van der Waals surface area (Å²) in [6, 6.07) is 0. The Morgan fingerprint density at radius 3 is 2.19 bits per heavy atom. The Balaban J connectivity index is 1.69. The van der Waals surface area contributed by atoms with Crippen molar-refractivity contribution in [1.29, 1.82) is 0 Å². The highest BCUT2D eigenvalue weighted by Crippen LogP contribution is 2.74. The summed E-state index contributed by atoms with van der Waals surface area (Å²) >= 11 is 0. The molecule has 7 nitrogen and oxygen atoms in total. The molecule has 0 aromatic carbocycles. The third-order valence-electron chi connectivity index (χ3n) is 12.8. The molecule has 0 heterocycles. The lowest BCUT2D eigenvalue weighted by Crippen LogP contribution is -2.67. The van der Waals surface area contributed by atoms with Gasteiger partial charge in [-0.25, -0.2) is 0 Å². The van der Waals surface area contributed by atoms with Crippen LogP contribution in [0, 0.1) is 44.3 Å². The number of hydrogen-bond acceptors (Lipinski definition) is 5. The summed E-state index contributed by atoms with van der Waals surface area (Å²) in [6.07, 6.45) is 6.62. The van der Waals surface area contributed by atoms with Gasteiger partial charge in [0.2, 0.25) is 0 Å². The highest BCUT2D eigenvalue weighted by atomic mass is 16.4. The molecule has 0 saturated heterocycles. The van der Waals surface area contributed by atoms with E-state index in [1.165, 1.54) is 0 Å². The topological polar surface area (TPSA) is 135 Å². The number of carboxylic acid groups (broad SMARTS) is 2. The molecule has 0 spiro atoms. The van der Waals surface area contributed by atoms with Gasteiger partial charge in [-0.05, 0) is 97.5 Å². The van der Waals surface area contributed by atoms with Crippen molar-refractivity contribution in [1.82, 2.24) is 0 Å². The lowest BCUT2D eigenvalue weighted by Gasteiger charge is -2.69. The van der Waals surface area contributed by atoms with E-state index in [4.69, 9.17) is 0 Å². The van der Waals surface area contributed by atoms with Gasteiger partial charge in [0.05, 0.1) is 29.6 Å². The van der Waals surface area contributed by atoms with Crippen molar-refractivity contribution in [3.05, 3.63) is 23.3 Å². The Labute approximate surface area is 219 Å². The van der Waals surface area contributed by atoms with Crippen LogP contribution in [0.4, 0.5) is 0 Å². The second-order valence-electron chi connectivity index (χ2n) is 14.4. The largest absolute Gasteiger partial charge is 0.481 e. The number of aliphatic hydroxyl groups excluding tert-OH is 3. The molecule has 3 saturated carbocycles. The SMILES string of the molecule is C[C@]1(C(=O)O)CC[C@]2(C(=O)O)CC[C@]3(C)C(=C2C1)C=C[C@@H]1[C@@]2(C)C[C@H](O)[C@H](O)[C@@](C)(CO)[C@@H]2CC[C@]13C. The molecule has 0 aromatic heterocycles. The van der Waals surface area contributed by atoms with E-state index >= 15 is 0 Å². The van der Waals surface area contributed by atoms with Crippen molar-refractivity contribution < 1.29 is 35.1 Å². The maximum Gasteiger partial charge on any atom is 0.313 e. The van der Waals surface area contributed by atoms with Gasteiger partial charge >= 0.3 is 11.9 Å². The van der Waals surface area contributed by atoms with Crippen LogP contribution in [0.1, 0.15) is 86.0 Å². The Bertz CT molecular complexity index is 1100. The molecule has 7 heteroatoms. The number of carbonyl (C=O) groups is 2. The molecule has 0 aromatic rings. The van der Waals surface area contributed by atoms with Crippen molar-refractivity contribution in [2.75, 3.05) is 6.61 Å². The van der Waals surface area contributed by atoms with Gasteiger partial charge in [0, 0.05) is 5.41 Å². The third-order valence-corrected chi connectivity index (χ3v) is 12.8. The minimum absolute atomic E-state index is 0.0237. The summed E-state index contributed by atoms with van der Waals surface area (Å²) in [5.41, 5.74) is -1.94. The lowest BCUT2D eigenvalue weighted by molar-refractivity contribution is -0.231. The molecule has 5 aliphatic rings. The summed E-state index contributed by atoms with van der Waals surface area (Å²) in [6.45, 7) is 10.2. The van der Waals surface area contributed by atoms with Gasteiger partial charge in [0.15, 0.2) is 0 Å². The maximum atomic E-state index is 12.8.